The van der Waals surface area contributed by atoms with Gasteiger partial charge in [0.15, 0.2) is 0 Å². The Hall–Kier alpha value is -2.58. The summed E-state index contributed by atoms with van der Waals surface area (Å²) in [5.41, 5.74) is -0.232. The van der Waals surface area contributed by atoms with Gasteiger partial charge in [0.1, 0.15) is 23.6 Å². The zero-order valence-corrected chi connectivity index (χ0v) is 19.8. The molecule has 2 aromatic rings. The van der Waals surface area contributed by atoms with Crippen molar-refractivity contribution in [3.05, 3.63) is 53.7 Å². The van der Waals surface area contributed by atoms with Gasteiger partial charge >= 0.3 is 0 Å². The normalized spacial score (nSPS) is 23.0. The number of likely N-dealkylation sites (N-methyl/N-ethyl adjacent to an activating group) is 1. The van der Waals surface area contributed by atoms with Crippen molar-refractivity contribution in [2.45, 2.75) is 38.2 Å². The third-order valence-electron chi connectivity index (χ3n) is 7.21. The maximum absolute atomic E-state index is 14.5. The molecule has 1 N–H and O–H groups in total. The van der Waals surface area contributed by atoms with Gasteiger partial charge in [-0.3, -0.25) is 4.79 Å². The zero-order valence-electron chi connectivity index (χ0n) is 19.8. The van der Waals surface area contributed by atoms with E-state index < -0.39 is 11.0 Å². The molecule has 2 fully saturated rings. The molecule has 8 heteroatoms. The molecule has 33 heavy (non-hydrogen) atoms. The SMILES string of the molecule is Cc1cc(N2CC[C@](O)(CN(C)C(=O)C3(Cc4ccccc4F)CCN(C)CC3)C2)ncn1. The molecule has 0 unspecified atom stereocenters. The largest absolute Gasteiger partial charge is 0.386 e. The predicted molar refractivity (Wildman–Crippen MR) is 125 cm³/mol. The number of aryl methyl sites for hydroxylation is 1. The van der Waals surface area contributed by atoms with Crippen molar-refractivity contribution in [3.8, 4) is 0 Å². The highest BCUT2D eigenvalue weighted by molar-refractivity contribution is 5.83. The van der Waals surface area contributed by atoms with Crippen molar-refractivity contribution >= 4 is 11.7 Å². The molecule has 1 atom stereocenters. The number of hydrogen-bond acceptors (Lipinski definition) is 6. The number of carbonyl (C=O) groups excluding carboxylic acids is 1. The van der Waals surface area contributed by atoms with Crippen LogP contribution in [-0.2, 0) is 11.2 Å². The predicted octanol–water partition coefficient (Wildman–Crippen LogP) is 2.28. The molecule has 2 aliphatic heterocycles. The van der Waals surface area contributed by atoms with Crippen LogP contribution in [-0.4, -0.2) is 83.2 Å². The lowest BCUT2D eigenvalue weighted by Gasteiger charge is -2.43. The first-order valence-electron chi connectivity index (χ1n) is 11.6. The molecular formula is C25H34FN5O2. The fourth-order valence-electron chi connectivity index (χ4n) is 5.23. The Kier molecular flexibility index (Phi) is 6.68. The van der Waals surface area contributed by atoms with Crippen molar-refractivity contribution in [2.24, 2.45) is 5.41 Å². The van der Waals surface area contributed by atoms with E-state index in [-0.39, 0.29) is 18.3 Å². The van der Waals surface area contributed by atoms with Gasteiger partial charge in [-0.2, -0.15) is 0 Å². The molecule has 1 amide bonds. The van der Waals surface area contributed by atoms with E-state index in [1.54, 1.807) is 24.1 Å². The molecule has 1 aromatic heterocycles. The van der Waals surface area contributed by atoms with Crippen LogP contribution in [0.4, 0.5) is 10.2 Å². The Morgan fingerprint density at radius 3 is 2.61 bits per heavy atom. The van der Waals surface area contributed by atoms with Crippen LogP contribution >= 0.6 is 0 Å². The van der Waals surface area contributed by atoms with Crippen LogP contribution in [0.3, 0.4) is 0 Å². The Bertz CT molecular complexity index is 994. The number of amides is 1. The minimum absolute atomic E-state index is 0.0105. The second-order valence-electron chi connectivity index (χ2n) is 9.93. The lowest BCUT2D eigenvalue weighted by atomic mass is 9.72. The number of likely N-dealkylation sites (tertiary alicyclic amines) is 1. The smallest absolute Gasteiger partial charge is 0.229 e. The van der Waals surface area contributed by atoms with Crippen molar-refractivity contribution in [2.75, 3.05) is 51.7 Å². The lowest BCUT2D eigenvalue weighted by molar-refractivity contribution is -0.146. The summed E-state index contributed by atoms with van der Waals surface area (Å²) in [6, 6.07) is 8.63. The second-order valence-corrected chi connectivity index (χ2v) is 9.93. The van der Waals surface area contributed by atoms with Gasteiger partial charge < -0.3 is 19.8 Å². The maximum atomic E-state index is 14.5. The third kappa shape index (κ3) is 5.17. The molecule has 0 spiro atoms. The highest BCUT2D eigenvalue weighted by Crippen LogP contribution is 2.38. The van der Waals surface area contributed by atoms with E-state index in [0.29, 0.717) is 44.3 Å². The number of piperidine rings is 1. The highest BCUT2D eigenvalue weighted by atomic mass is 19.1. The number of halogens is 1. The number of β-amino-alcohol motifs (C(OH)–C–C–N with tert-alkyl or cyclic N) is 1. The molecule has 1 aromatic carbocycles. The van der Waals surface area contributed by atoms with Gasteiger partial charge in [-0.05, 0) is 64.4 Å². The average molecular weight is 456 g/mol. The summed E-state index contributed by atoms with van der Waals surface area (Å²) in [4.78, 5) is 28.2. The van der Waals surface area contributed by atoms with Crippen LogP contribution in [0.5, 0.6) is 0 Å². The number of carbonyl (C=O) groups is 1. The molecule has 0 radical (unpaired) electrons. The van der Waals surface area contributed by atoms with Gasteiger partial charge in [-0.25, -0.2) is 14.4 Å². The number of rotatable bonds is 6. The van der Waals surface area contributed by atoms with E-state index in [1.807, 2.05) is 31.0 Å². The molecule has 2 saturated heterocycles. The van der Waals surface area contributed by atoms with Gasteiger partial charge in [-0.15, -0.1) is 0 Å². The summed E-state index contributed by atoms with van der Waals surface area (Å²) in [6.45, 7) is 4.81. The van der Waals surface area contributed by atoms with Crippen molar-refractivity contribution in [3.63, 3.8) is 0 Å². The zero-order chi connectivity index (χ0) is 23.6. The number of hydrogen-bond donors (Lipinski definition) is 1. The molecule has 2 aliphatic rings. The van der Waals surface area contributed by atoms with Crippen molar-refractivity contribution in [1.29, 1.82) is 0 Å². The Balaban J connectivity index is 1.49. The first-order chi connectivity index (χ1) is 15.7. The van der Waals surface area contributed by atoms with Gasteiger partial charge in [0.25, 0.3) is 0 Å². The van der Waals surface area contributed by atoms with Crippen LogP contribution in [0.15, 0.2) is 36.7 Å². The summed E-state index contributed by atoms with van der Waals surface area (Å²) < 4.78 is 14.5. The lowest BCUT2D eigenvalue weighted by Crippen LogP contribution is -2.53. The average Bonchev–Trinajstić information content (AvgIpc) is 3.18. The number of benzene rings is 1. The van der Waals surface area contributed by atoms with Crippen LogP contribution in [0, 0.1) is 18.2 Å². The fraction of sp³-hybridized carbons (Fsp3) is 0.560. The van der Waals surface area contributed by atoms with E-state index in [2.05, 4.69) is 14.9 Å². The molecule has 0 bridgehead atoms. The number of nitrogens with zero attached hydrogens (tertiary/aromatic N) is 5. The summed E-state index contributed by atoms with van der Waals surface area (Å²) in [6.07, 6.45) is 3.81. The fourth-order valence-corrected chi connectivity index (χ4v) is 5.23. The Morgan fingerprint density at radius 1 is 1.18 bits per heavy atom. The van der Waals surface area contributed by atoms with Crippen LogP contribution < -0.4 is 4.90 Å². The number of anilines is 1. The molecule has 0 aliphatic carbocycles. The first kappa shape index (κ1) is 23.6. The molecule has 7 nitrogen and oxygen atoms in total. The third-order valence-corrected chi connectivity index (χ3v) is 7.21. The van der Waals surface area contributed by atoms with E-state index in [4.69, 9.17) is 0 Å². The number of aromatic nitrogens is 2. The van der Waals surface area contributed by atoms with Gasteiger partial charge in [-0.1, -0.05) is 18.2 Å². The van der Waals surface area contributed by atoms with Crippen LogP contribution in [0.2, 0.25) is 0 Å². The van der Waals surface area contributed by atoms with Gasteiger partial charge in [0.05, 0.1) is 12.0 Å². The summed E-state index contributed by atoms with van der Waals surface area (Å²) in [5.74, 6) is 0.513. The van der Waals surface area contributed by atoms with Gasteiger partial charge in [0, 0.05) is 31.9 Å². The van der Waals surface area contributed by atoms with Crippen molar-refractivity contribution < 1.29 is 14.3 Å². The monoisotopic (exact) mass is 455 g/mol. The van der Waals surface area contributed by atoms with E-state index in [0.717, 1.165) is 24.6 Å². The van der Waals surface area contributed by atoms with E-state index in [9.17, 15) is 14.3 Å². The quantitative estimate of drug-likeness (QED) is 0.721. The second kappa shape index (κ2) is 9.35. The molecule has 4 rings (SSSR count). The number of aliphatic hydroxyl groups is 1. The minimum atomic E-state index is -1.02. The van der Waals surface area contributed by atoms with Gasteiger partial charge in [0.2, 0.25) is 5.91 Å². The molecule has 0 saturated carbocycles. The summed E-state index contributed by atoms with van der Waals surface area (Å²) in [7, 11) is 3.81. The molecule has 178 valence electrons. The molecular weight excluding hydrogens is 421 g/mol. The standard InChI is InChI=1S/C25H34FN5O2/c1-19-14-22(28-18-27-19)31-13-10-25(33,17-31)16-30(3)23(32)24(8-11-29(2)12-9-24)15-20-6-4-5-7-21(20)26/h4-7,14,18,33H,8-13,15-17H2,1-3H3/t25-/m0/s1. The van der Waals surface area contributed by atoms with E-state index >= 15 is 0 Å². The van der Waals surface area contributed by atoms with E-state index in [1.165, 1.54) is 12.4 Å². The van der Waals surface area contributed by atoms with Crippen molar-refractivity contribution in [1.82, 2.24) is 19.8 Å². The van der Waals surface area contributed by atoms with Crippen LogP contribution in [0.1, 0.15) is 30.5 Å². The topological polar surface area (TPSA) is 72.8 Å². The summed E-state index contributed by atoms with van der Waals surface area (Å²) >= 11 is 0. The molecule has 3 heterocycles. The Labute approximate surface area is 195 Å². The highest BCUT2D eigenvalue weighted by Gasteiger charge is 2.45. The summed E-state index contributed by atoms with van der Waals surface area (Å²) in [5, 5.41) is 11.3. The first-order valence-corrected chi connectivity index (χ1v) is 11.6. The minimum Gasteiger partial charge on any atom is -0.386 e. The van der Waals surface area contributed by atoms with Crippen LogP contribution in [0.25, 0.3) is 0 Å². The Morgan fingerprint density at radius 2 is 1.91 bits per heavy atom. The maximum Gasteiger partial charge on any atom is 0.229 e.